The van der Waals surface area contributed by atoms with Gasteiger partial charge in [0.05, 0.1) is 17.7 Å². The Kier molecular flexibility index (Phi) is 7.69. The number of nitrogens with zero attached hydrogens (tertiary/aromatic N) is 2. The lowest BCUT2D eigenvalue weighted by Crippen LogP contribution is -3.00. The van der Waals surface area contributed by atoms with Crippen molar-refractivity contribution in [3.8, 4) is 0 Å². The van der Waals surface area contributed by atoms with Gasteiger partial charge in [-0.3, -0.25) is 9.69 Å². The molecule has 0 atom stereocenters. The summed E-state index contributed by atoms with van der Waals surface area (Å²) in [6.07, 6.45) is -4.35. The number of benzene rings is 2. The second-order valence-electron chi connectivity index (χ2n) is 6.74. The molecule has 0 bridgehead atoms. The molecule has 6 nitrogen and oxygen atoms in total. The van der Waals surface area contributed by atoms with Gasteiger partial charge in [0.1, 0.15) is 0 Å². The summed E-state index contributed by atoms with van der Waals surface area (Å²) >= 11 is 0. The third kappa shape index (κ3) is 6.11. The van der Waals surface area contributed by atoms with Gasteiger partial charge in [0.25, 0.3) is 0 Å². The summed E-state index contributed by atoms with van der Waals surface area (Å²) in [5.74, 6) is -1.25. The third-order valence-corrected chi connectivity index (χ3v) is 4.71. The van der Waals surface area contributed by atoms with Crippen LogP contribution in [0.5, 0.6) is 0 Å². The van der Waals surface area contributed by atoms with Crippen molar-refractivity contribution in [2.24, 2.45) is 0 Å². The van der Waals surface area contributed by atoms with E-state index in [1.54, 1.807) is 0 Å². The smallest absolute Gasteiger partial charge is 0.416 e. The maximum atomic E-state index is 12.7. The number of aromatic carboxylic acids is 1. The van der Waals surface area contributed by atoms with E-state index in [-0.39, 0.29) is 30.4 Å². The first-order valence-electron chi connectivity index (χ1n) is 9.00. The molecule has 1 aliphatic heterocycles. The van der Waals surface area contributed by atoms with Crippen molar-refractivity contribution in [2.45, 2.75) is 6.18 Å². The molecular formula is C20H20ClF3N3O3-. The molecule has 3 rings (SSSR count). The fourth-order valence-corrected chi connectivity index (χ4v) is 3.13. The Labute approximate surface area is 177 Å². The van der Waals surface area contributed by atoms with Gasteiger partial charge in [-0.05, 0) is 48.5 Å². The molecule has 0 aliphatic carbocycles. The van der Waals surface area contributed by atoms with Gasteiger partial charge < -0.3 is 27.7 Å². The monoisotopic (exact) mass is 442 g/mol. The molecule has 2 aromatic carbocycles. The van der Waals surface area contributed by atoms with Crippen molar-refractivity contribution in [2.75, 3.05) is 42.9 Å². The highest BCUT2D eigenvalue weighted by Crippen LogP contribution is 2.30. The SMILES string of the molecule is O=C(CN1CCN(c2ccc(C(F)(F)F)cc2)CC1)Nc1ccc(C(=O)O)cc1.[Cl-]. The number of hydrogen-bond donors (Lipinski definition) is 2. The highest BCUT2D eigenvalue weighted by molar-refractivity contribution is 5.93. The van der Waals surface area contributed by atoms with E-state index in [1.807, 2.05) is 9.80 Å². The first-order chi connectivity index (χ1) is 13.7. The van der Waals surface area contributed by atoms with Crippen LogP contribution in [0.2, 0.25) is 0 Å². The van der Waals surface area contributed by atoms with Crippen molar-refractivity contribution in [3.63, 3.8) is 0 Å². The zero-order chi connectivity index (χ0) is 21.0. The van der Waals surface area contributed by atoms with Crippen molar-refractivity contribution >= 4 is 23.3 Å². The number of hydrogen-bond acceptors (Lipinski definition) is 4. The Morgan fingerprint density at radius 1 is 0.933 bits per heavy atom. The first kappa shape index (κ1) is 23.5. The zero-order valence-electron chi connectivity index (χ0n) is 15.8. The molecule has 1 amide bonds. The van der Waals surface area contributed by atoms with Gasteiger partial charge in [0, 0.05) is 37.6 Å². The fraction of sp³-hybridized carbons (Fsp3) is 0.300. The predicted octanol–water partition coefficient (Wildman–Crippen LogP) is 0.168. The van der Waals surface area contributed by atoms with Crippen molar-refractivity contribution in [3.05, 3.63) is 59.7 Å². The van der Waals surface area contributed by atoms with E-state index in [0.717, 1.165) is 17.8 Å². The standard InChI is InChI=1S/C20H20F3N3O3.ClH/c21-20(22,23)15-3-7-17(8-4-15)26-11-9-25(10-12-26)13-18(27)24-16-5-1-14(2-6-16)19(28)29;/h1-8H,9-13H2,(H,24,27)(H,28,29);1H/p-1. The minimum Gasteiger partial charge on any atom is -1.00 e. The predicted molar refractivity (Wildman–Crippen MR) is 102 cm³/mol. The van der Waals surface area contributed by atoms with Gasteiger partial charge in [0.15, 0.2) is 0 Å². The number of halogens is 4. The number of amides is 1. The zero-order valence-corrected chi connectivity index (χ0v) is 16.6. The van der Waals surface area contributed by atoms with Crippen LogP contribution in [0.15, 0.2) is 48.5 Å². The average Bonchev–Trinajstić information content (AvgIpc) is 2.68. The van der Waals surface area contributed by atoms with Crippen molar-refractivity contribution < 1.29 is 40.3 Å². The lowest BCUT2D eigenvalue weighted by atomic mass is 10.1. The Morgan fingerprint density at radius 2 is 1.50 bits per heavy atom. The number of rotatable bonds is 5. The van der Waals surface area contributed by atoms with Gasteiger partial charge >= 0.3 is 12.1 Å². The van der Waals surface area contributed by atoms with Gasteiger partial charge in [-0.1, -0.05) is 0 Å². The van der Waals surface area contributed by atoms with E-state index >= 15 is 0 Å². The van der Waals surface area contributed by atoms with E-state index in [4.69, 9.17) is 5.11 Å². The molecule has 0 radical (unpaired) electrons. The van der Waals surface area contributed by atoms with E-state index in [2.05, 4.69) is 5.32 Å². The van der Waals surface area contributed by atoms with Crippen LogP contribution in [-0.4, -0.2) is 54.6 Å². The van der Waals surface area contributed by atoms with Crippen LogP contribution in [0.1, 0.15) is 15.9 Å². The summed E-state index contributed by atoms with van der Waals surface area (Å²) in [4.78, 5) is 27.0. The number of anilines is 2. The Morgan fingerprint density at radius 3 is 2.00 bits per heavy atom. The number of alkyl halides is 3. The van der Waals surface area contributed by atoms with Crippen LogP contribution in [0.3, 0.4) is 0 Å². The molecule has 1 fully saturated rings. The molecule has 0 spiro atoms. The van der Waals surface area contributed by atoms with Crippen LogP contribution in [0.25, 0.3) is 0 Å². The molecule has 0 unspecified atom stereocenters. The molecule has 10 heteroatoms. The van der Waals surface area contributed by atoms with Crippen LogP contribution < -0.4 is 22.6 Å². The molecule has 2 aromatic rings. The van der Waals surface area contributed by atoms with Crippen LogP contribution in [-0.2, 0) is 11.0 Å². The normalized spacial score (nSPS) is 14.7. The number of carbonyl (C=O) groups excluding carboxylic acids is 1. The molecule has 30 heavy (non-hydrogen) atoms. The summed E-state index contributed by atoms with van der Waals surface area (Å²) in [5, 5.41) is 11.6. The number of carboxylic acids is 1. The highest BCUT2D eigenvalue weighted by atomic mass is 35.5. The quantitative estimate of drug-likeness (QED) is 0.690. The van der Waals surface area contributed by atoms with Gasteiger partial charge in [-0.2, -0.15) is 13.2 Å². The molecule has 0 saturated carbocycles. The molecule has 1 aliphatic rings. The summed E-state index contributed by atoms with van der Waals surface area (Å²) in [5.41, 5.74) is 0.708. The molecular weight excluding hydrogens is 423 g/mol. The Hall–Kier alpha value is -2.78. The van der Waals surface area contributed by atoms with E-state index in [0.29, 0.717) is 31.9 Å². The van der Waals surface area contributed by atoms with E-state index in [1.165, 1.54) is 36.4 Å². The van der Waals surface area contributed by atoms with Crippen molar-refractivity contribution in [1.82, 2.24) is 4.90 Å². The number of nitrogens with one attached hydrogen (secondary N) is 1. The maximum absolute atomic E-state index is 12.7. The summed E-state index contributed by atoms with van der Waals surface area (Å²) < 4.78 is 38.0. The lowest BCUT2D eigenvalue weighted by Gasteiger charge is -2.35. The molecule has 1 heterocycles. The summed E-state index contributed by atoms with van der Waals surface area (Å²) in [6, 6.07) is 11.0. The van der Waals surface area contributed by atoms with Crippen LogP contribution in [0, 0.1) is 0 Å². The lowest BCUT2D eigenvalue weighted by molar-refractivity contribution is -0.137. The largest absolute Gasteiger partial charge is 1.00 e. The summed E-state index contributed by atoms with van der Waals surface area (Å²) in [6.45, 7) is 2.60. The summed E-state index contributed by atoms with van der Waals surface area (Å²) in [7, 11) is 0. The Bertz CT molecular complexity index is 866. The van der Waals surface area contributed by atoms with E-state index in [9.17, 15) is 22.8 Å². The maximum Gasteiger partial charge on any atom is 0.416 e. The second-order valence-corrected chi connectivity index (χ2v) is 6.74. The molecule has 162 valence electrons. The number of piperazine rings is 1. The van der Waals surface area contributed by atoms with Gasteiger partial charge in [0.2, 0.25) is 5.91 Å². The minimum absolute atomic E-state index is 0. The third-order valence-electron chi connectivity index (χ3n) is 4.71. The average molecular weight is 443 g/mol. The van der Waals surface area contributed by atoms with Crippen molar-refractivity contribution in [1.29, 1.82) is 0 Å². The highest BCUT2D eigenvalue weighted by Gasteiger charge is 2.30. The van der Waals surface area contributed by atoms with Gasteiger partial charge in [-0.25, -0.2) is 4.79 Å². The van der Waals surface area contributed by atoms with Crippen LogP contribution >= 0.6 is 0 Å². The number of carboxylic acid groups (broad SMARTS) is 1. The topological polar surface area (TPSA) is 72.9 Å². The number of carbonyl (C=O) groups is 2. The molecule has 2 N–H and O–H groups in total. The van der Waals surface area contributed by atoms with Crippen LogP contribution in [0.4, 0.5) is 24.5 Å². The van der Waals surface area contributed by atoms with Gasteiger partial charge in [-0.15, -0.1) is 0 Å². The minimum atomic E-state index is -4.35. The van der Waals surface area contributed by atoms with E-state index < -0.39 is 17.7 Å². The Balaban J connectivity index is 0.00000320. The molecule has 0 aromatic heterocycles. The first-order valence-corrected chi connectivity index (χ1v) is 9.00. The second kappa shape index (κ2) is 9.82. The fourth-order valence-electron chi connectivity index (χ4n) is 3.13. The molecule has 1 saturated heterocycles.